The molecule has 3 nitrogen and oxygen atoms in total. The molecular formula is C17H24FN3. The Bertz CT molecular complexity index is 629. The van der Waals surface area contributed by atoms with Gasteiger partial charge in [-0.25, -0.2) is 9.07 Å². The fraction of sp³-hybridized carbons (Fsp3) is 0.471. The van der Waals surface area contributed by atoms with Gasteiger partial charge in [0, 0.05) is 18.3 Å². The van der Waals surface area contributed by atoms with Gasteiger partial charge < -0.3 is 5.32 Å². The predicted octanol–water partition coefficient (Wildman–Crippen LogP) is 3.69. The van der Waals surface area contributed by atoms with E-state index in [1.54, 1.807) is 10.7 Å². The monoisotopic (exact) mass is 289 g/mol. The highest BCUT2D eigenvalue weighted by atomic mass is 19.1. The molecule has 1 aromatic carbocycles. The molecule has 114 valence electrons. The Kier molecular flexibility index (Phi) is 4.78. The molecule has 1 aromatic heterocycles. The predicted molar refractivity (Wildman–Crippen MR) is 84.3 cm³/mol. The van der Waals surface area contributed by atoms with Gasteiger partial charge in [-0.2, -0.15) is 5.10 Å². The summed E-state index contributed by atoms with van der Waals surface area (Å²) in [6, 6.07) is 5.74. The molecular weight excluding hydrogens is 265 g/mol. The molecule has 0 amide bonds. The van der Waals surface area contributed by atoms with Gasteiger partial charge in [0.1, 0.15) is 11.5 Å². The second-order valence-corrected chi connectivity index (χ2v) is 5.74. The summed E-state index contributed by atoms with van der Waals surface area (Å²) in [7, 11) is 0. The molecule has 0 fully saturated rings. The van der Waals surface area contributed by atoms with Crippen LogP contribution in [0.1, 0.15) is 43.3 Å². The van der Waals surface area contributed by atoms with E-state index in [0.717, 1.165) is 23.4 Å². The second-order valence-electron chi connectivity index (χ2n) is 5.74. The number of aromatic nitrogens is 2. The van der Waals surface area contributed by atoms with Gasteiger partial charge in [-0.3, -0.25) is 0 Å². The Morgan fingerprint density at radius 2 is 2.00 bits per heavy atom. The zero-order chi connectivity index (χ0) is 15.6. The molecule has 0 aliphatic carbocycles. The molecule has 0 radical (unpaired) electrons. The van der Waals surface area contributed by atoms with E-state index in [-0.39, 0.29) is 5.82 Å². The molecule has 0 aliphatic heterocycles. The van der Waals surface area contributed by atoms with E-state index < -0.39 is 0 Å². The maximum atomic E-state index is 14.4. The van der Waals surface area contributed by atoms with Gasteiger partial charge in [0.2, 0.25) is 0 Å². The molecule has 21 heavy (non-hydrogen) atoms. The van der Waals surface area contributed by atoms with Crippen LogP contribution in [0.3, 0.4) is 0 Å². The molecule has 0 unspecified atom stereocenters. The number of aryl methyl sites for hydroxylation is 1. The van der Waals surface area contributed by atoms with Crippen LogP contribution in [0, 0.1) is 19.7 Å². The van der Waals surface area contributed by atoms with Crippen LogP contribution in [-0.4, -0.2) is 15.8 Å². The molecule has 2 rings (SSSR count). The average molecular weight is 289 g/mol. The van der Waals surface area contributed by atoms with Crippen LogP contribution in [0.2, 0.25) is 0 Å². The zero-order valence-corrected chi connectivity index (χ0v) is 13.5. The number of hydrogen-bond acceptors (Lipinski definition) is 2. The minimum Gasteiger partial charge on any atom is -0.310 e. The quantitative estimate of drug-likeness (QED) is 0.910. The molecule has 1 N–H and O–H groups in total. The minimum absolute atomic E-state index is 0.230. The highest BCUT2D eigenvalue weighted by Crippen LogP contribution is 2.21. The Hall–Kier alpha value is -1.68. The minimum atomic E-state index is -0.230. The zero-order valence-electron chi connectivity index (χ0n) is 13.5. The van der Waals surface area contributed by atoms with E-state index in [4.69, 9.17) is 0 Å². The third-order valence-corrected chi connectivity index (χ3v) is 3.75. The van der Waals surface area contributed by atoms with E-state index in [2.05, 4.69) is 31.2 Å². The summed E-state index contributed by atoms with van der Waals surface area (Å²) in [5, 5.41) is 7.77. The number of benzene rings is 1. The first-order valence-corrected chi connectivity index (χ1v) is 7.51. The summed E-state index contributed by atoms with van der Waals surface area (Å²) in [4.78, 5) is 0. The van der Waals surface area contributed by atoms with Gasteiger partial charge in [0.15, 0.2) is 0 Å². The summed E-state index contributed by atoms with van der Waals surface area (Å²) in [5.41, 5.74) is 4.65. The second kappa shape index (κ2) is 6.39. The highest BCUT2D eigenvalue weighted by Gasteiger charge is 2.14. The SMILES string of the molecule is CCc1c(C)nn(-c2ccc(CNC(C)C)cc2F)c1C. The van der Waals surface area contributed by atoms with Gasteiger partial charge in [0.25, 0.3) is 0 Å². The summed E-state index contributed by atoms with van der Waals surface area (Å²) in [5.74, 6) is -0.230. The van der Waals surface area contributed by atoms with Crippen LogP contribution in [0.25, 0.3) is 5.69 Å². The van der Waals surface area contributed by atoms with Crippen molar-refractivity contribution in [1.82, 2.24) is 15.1 Å². The fourth-order valence-electron chi connectivity index (χ4n) is 2.58. The van der Waals surface area contributed by atoms with Crippen molar-refractivity contribution in [3.8, 4) is 5.69 Å². The molecule has 4 heteroatoms. The lowest BCUT2D eigenvalue weighted by molar-refractivity contribution is 0.577. The lowest BCUT2D eigenvalue weighted by Gasteiger charge is -2.11. The first-order valence-electron chi connectivity index (χ1n) is 7.51. The third-order valence-electron chi connectivity index (χ3n) is 3.75. The maximum Gasteiger partial charge on any atom is 0.149 e. The van der Waals surface area contributed by atoms with Crippen molar-refractivity contribution in [2.24, 2.45) is 0 Å². The van der Waals surface area contributed by atoms with Gasteiger partial charge >= 0.3 is 0 Å². The summed E-state index contributed by atoms with van der Waals surface area (Å²) < 4.78 is 16.1. The molecule has 0 saturated carbocycles. The van der Waals surface area contributed by atoms with Gasteiger partial charge in [0.05, 0.1) is 5.69 Å². The largest absolute Gasteiger partial charge is 0.310 e. The Balaban J connectivity index is 2.33. The van der Waals surface area contributed by atoms with E-state index in [1.807, 2.05) is 26.0 Å². The van der Waals surface area contributed by atoms with Crippen LogP contribution in [-0.2, 0) is 13.0 Å². The van der Waals surface area contributed by atoms with E-state index in [9.17, 15) is 4.39 Å². The lowest BCUT2D eigenvalue weighted by Crippen LogP contribution is -2.21. The smallest absolute Gasteiger partial charge is 0.149 e. The number of rotatable bonds is 5. The molecule has 0 spiro atoms. The van der Waals surface area contributed by atoms with E-state index in [0.29, 0.717) is 18.3 Å². The molecule has 1 heterocycles. The summed E-state index contributed by atoms with van der Waals surface area (Å²) >= 11 is 0. The van der Waals surface area contributed by atoms with Crippen molar-refractivity contribution in [1.29, 1.82) is 0 Å². The summed E-state index contributed by atoms with van der Waals surface area (Å²) in [6.07, 6.45) is 0.912. The van der Waals surface area contributed by atoms with Crippen LogP contribution < -0.4 is 5.32 Å². The third kappa shape index (κ3) is 3.32. The first-order chi connectivity index (χ1) is 9.93. The lowest BCUT2D eigenvalue weighted by atomic mass is 10.1. The standard InChI is InChI=1S/C17H24FN3/c1-6-15-12(4)20-21(13(15)5)17-8-7-14(9-16(17)18)10-19-11(2)3/h7-9,11,19H,6,10H2,1-5H3. The molecule has 0 bridgehead atoms. The first kappa shape index (κ1) is 15.7. The fourth-order valence-corrected chi connectivity index (χ4v) is 2.58. The molecule has 0 saturated heterocycles. The summed E-state index contributed by atoms with van der Waals surface area (Å²) in [6.45, 7) is 10.9. The van der Waals surface area contributed by atoms with Crippen molar-refractivity contribution in [2.75, 3.05) is 0 Å². The highest BCUT2D eigenvalue weighted by molar-refractivity contribution is 5.40. The molecule has 0 aliphatic rings. The van der Waals surface area contributed by atoms with Crippen LogP contribution in [0.5, 0.6) is 0 Å². The van der Waals surface area contributed by atoms with Gasteiger partial charge in [-0.1, -0.05) is 26.8 Å². The normalized spacial score (nSPS) is 11.4. The Morgan fingerprint density at radius 1 is 1.29 bits per heavy atom. The van der Waals surface area contributed by atoms with Crippen molar-refractivity contribution >= 4 is 0 Å². The van der Waals surface area contributed by atoms with Crippen LogP contribution >= 0.6 is 0 Å². The number of nitrogens with zero attached hydrogens (tertiary/aromatic N) is 2. The maximum absolute atomic E-state index is 14.4. The van der Waals surface area contributed by atoms with E-state index in [1.165, 1.54) is 5.56 Å². The number of nitrogens with one attached hydrogen (secondary N) is 1. The van der Waals surface area contributed by atoms with Crippen LogP contribution in [0.4, 0.5) is 4.39 Å². The van der Waals surface area contributed by atoms with Crippen molar-refractivity contribution in [3.05, 3.63) is 46.5 Å². The molecule has 0 atom stereocenters. The Labute approximate surface area is 126 Å². The van der Waals surface area contributed by atoms with Crippen molar-refractivity contribution in [2.45, 2.75) is 53.6 Å². The van der Waals surface area contributed by atoms with Crippen molar-refractivity contribution in [3.63, 3.8) is 0 Å². The average Bonchev–Trinajstić information content (AvgIpc) is 2.71. The molecule has 2 aromatic rings. The number of hydrogen-bond donors (Lipinski definition) is 1. The van der Waals surface area contributed by atoms with E-state index >= 15 is 0 Å². The van der Waals surface area contributed by atoms with Crippen molar-refractivity contribution < 1.29 is 4.39 Å². The van der Waals surface area contributed by atoms with Gasteiger partial charge in [-0.05, 0) is 43.5 Å². The van der Waals surface area contributed by atoms with Crippen LogP contribution in [0.15, 0.2) is 18.2 Å². The Morgan fingerprint density at radius 3 is 2.52 bits per heavy atom. The van der Waals surface area contributed by atoms with Gasteiger partial charge in [-0.15, -0.1) is 0 Å². The number of halogens is 1. The topological polar surface area (TPSA) is 29.9 Å².